The maximum Gasteiger partial charge on any atom is 0.297 e. The van der Waals surface area contributed by atoms with E-state index in [1.54, 1.807) is 26.0 Å². The first-order chi connectivity index (χ1) is 11.2. The summed E-state index contributed by atoms with van der Waals surface area (Å²) in [4.78, 5) is 0.119. The van der Waals surface area contributed by atoms with Crippen molar-refractivity contribution >= 4 is 10.1 Å². The van der Waals surface area contributed by atoms with Crippen molar-refractivity contribution in [3.63, 3.8) is 0 Å². The van der Waals surface area contributed by atoms with E-state index in [4.69, 9.17) is 23.1 Å². The van der Waals surface area contributed by atoms with Crippen LogP contribution >= 0.6 is 0 Å². The Labute approximate surface area is 140 Å². The maximum absolute atomic E-state index is 12.3. The van der Waals surface area contributed by atoms with Gasteiger partial charge in [-0.15, -0.1) is 0 Å². The smallest absolute Gasteiger partial charge is 0.297 e. The second kappa shape index (κ2) is 5.23. The van der Waals surface area contributed by atoms with Gasteiger partial charge in [-0.1, -0.05) is 17.7 Å². The third-order valence-corrected chi connectivity index (χ3v) is 5.81. The first-order valence-electron chi connectivity index (χ1n) is 7.82. The normalized spacial score (nSPS) is 36.9. The van der Waals surface area contributed by atoms with Crippen LogP contribution in [0.2, 0.25) is 0 Å². The van der Waals surface area contributed by atoms with Crippen LogP contribution in [0.3, 0.4) is 0 Å². The van der Waals surface area contributed by atoms with Gasteiger partial charge in [-0.05, 0) is 32.9 Å². The van der Waals surface area contributed by atoms with Crippen molar-refractivity contribution in [1.29, 1.82) is 0 Å². The van der Waals surface area contributed by atoms with Crippen LogP contribution in [0.25, 0.3) is 0 Å². The van der Waals surface area contributed by atoms with Crippen molar-refractivity contribution in [2.45, 2.75) is 55.6 Å². The van der Waals surface area contributed by atoms with Gasteiger partial charge in [0.15, 0.2) is 12.1 Å². The number of hydrogen-bond donors (Lipinski definition) is 0. The number of hydrogen-bond acceptors (Lipinski definition) is 7. The number of aryl methyl sites for hydroxylation is 1. The molecular weight excluding hydrogens is 336 g/mol. The first-order valence-corrected chi connectivity index (χ1v) is 9.23. The quantitative estimate of drug-likeness (QED) is 0.753. The van der Waals surface area contributed by atoms with E-state index in [-0.39, 0.29) is 24.2 Å². The number of benzene rings is 1. The molecule has 0 spiro atoms. The Morgan fingerprint density at radius 1 is 1.17 bits per heavy atom. The van der Waals surface area contributed by atoms with Crippen molar-refractivity contribution in [1.82, 2.24) is 0 Å². The molecule has 3 aliphatic rings. The van der Waals surface area contributed by atoms with E-state index in [0.717, 1.165) is 5.56 Å². The highest BCUT2D eigenvalue weighted by molar-refractivity contribution is 7.86. The van der Waals surface area contributed by atoms with Crippen molar-refractivity contribution in [3.8, 4) is 0 Å². The van der Waals surface area contributed by atoms with Gasteiger partial charge in [-0.25, -0.2) is 0 Å². The molecule has 0 unspecified atom stereocenters. The standard InChI is InChI=1S/C16H20O7S/c1-10-4-6-11(7-5-10)24(17,18)20-9-16-8-19-13(16)12-14(23-16)22-15(2,3)21-12/h4-7,12-14H,8-9H2,1-3H3/t12-,13-,14+,16+/m1/s1. The molecule has 3 fully saturated rings. The van der Waals surface area contributed by atoms with E-state index in [1.807, 2.05) is 6.92 Å². The zero-order valence-corrected chi connectivity index (χ0v) is 14.5. The average Bonchev–Trinajstić information content (AvgIpc) is 2.85. The molecule has 3 heterocycles. The Bertz CT molecular complexity index is 742. The van der Waals surface area contributed by atoms with E-state index in [2.05, 4.69) is 0 Å². The van der Waals surface area contributed by atoms with E-state index in [1.165, 1.54) is 12.1 Å². The molecule has 0 aromatic heterocycles. The van der Waals surface area contributed by atoms with Crippen LogP contribution in [0.15, 0.2) is 29.2 Å². The van der Waals surface area contributed by atoms with E-state index in [9.17, 15) is 8.42 Å². The lowest BCUT2D eigenvalue weighted by Crippen LogP contribution is -2.62. The van der Waals surface area contributed by atoms with Crippen LogP contribution in [-0.4, -0.2) is 51.5 Å². The fraction of sp³-hybridized carbons (Fsp3) is 0.625. The van der Waals surface area contributed by atoms with Gasteiger partial charge >= 0.3 is 0 Å². The topological polar surface area (TPSA) is 80.3 Å². The van der Waals surface area contributed by atoms with E-state index >= 15 is 0 Å². The molecule has 4 atom stereocenters. The zero-order valence-electron chi connectivity index (χ0n) is 13.7. The summed E-state index contributed by atoms with van der Waals surface area (Å²) >= 11 is 0. The third-order valence-electron chi connectivity index (χ3n) is 4.53. The molecule has 8 heteroatoms. The van der Waals surface area contributed by atoms with Crippen LogP contribution in [-0.2, 0) is 33.2 Å². The number of fused-ring (bicyclic) bond motifs is 3. The monoisotopic (exact) mass is 356 g/mol. The summed E-state index contributed by atoms with van der Waals surface area (Å²) in [6, 6.07) is 6.50. The van der Waals surface area contributed by atoms with Gasteiger partial charge in [0.05, 0.1) is 11.5 Å². The Hall–Kier alpha value is -1.03. The van der Waals surface area contributed by atoms with Crippen LogP contribution < -0.4 is 0 Å². The van der Waals surface area contributed by atoms with Crippen molar-refractivity contribution in [2.24, 2.45) is 0 Å². The first kappa shape index (κ1) is 16.4. The molecule has 1 aromatic carbocycles. The largest absolute Gasteiger partial charge is 0.369 e. The fourth-order valence-corrected chi connectivity index (χ4v) is 4.21. The maximum atomic E-state index is 12.3. The lowest BCUT2D eigenvalue weighted by atomic mass is 9.92. The second-order valence-electron chi connectivity index (χ2n) is 6.91. The highest BCUT2D eigenvalue weighted by Gasteiger charge is 2.68. The van der Waals surface area contributed by atoms with Gasteiger partial charge in [0.2, 0.25) is 0 Å². The molecular formula is C16H20O7S. The molecule has 132 valence electrons. The Kier molecular flexibility index (Phi) is 3.58. The zero-order chi connectivity index (χ0) is 17.2. The molecule has 0 bridgehead atoms. The molecule has 3 aliphatic heterocycles. The minimum atomic E-state index is -3.86. The summed E-state index contributed by atoms with van der Waals surface area (Å²) in [5.41, 5.74) is 0.132. The average molecular weight is 356 g/mol. The molecule has 0 N–H and O–H groups in total. The lowest BCUT2D eigenvalue weighted by molar-refractivity contribution is -0.301. The highest BCUT2D eigenvalue weighted by atomic mass is 32.2. The summed E-state index contributed by atoms with van der Waals surface area (Å²) in [5, 5.41) is 0. The molecule has 4 rings (SSSR count). The molecule has 3 saturated heterocycles. The second-order valence-corrected chi connectivity index (χ2v) is 8.53. The minimum Gasteiger partial charge on any atom is -0.369 e. The van der Waals surface area contributed by atoms with Gasteiger partial charge in [0.25, 0.3) is 10.1 Å². The number of ether oxygens (including phenoxy) is 4. The SMILES string of the molecule is Cc1ccc(S(=O)(=O)OC[C@@]23CO[C@@H]2[C@H]2OC(C)(C)O[C@H]2O3)cc1. The molecule has 0 aliphatic carbocycles. The molecule has 0 radical (unpaired) electrons. The lowest BCUT2D eigenvalue weighted by Gasteiger charge is -2.44. The predicted octanol–water partition coefficient (Wildman–Crippen LogP) is 1.35. The van der Waals surface area contributed by atoms with Crippen LogP contribution in [0.5, 0.6) is 0 Å². The molecule has 24 heavy (non-hydrogen) atoms. The van der Waals surface area contributed by atoms with Crippen molar-refractivity contribution < 1.29 is 31.5 Å². The summed E-state index contributed by atoms with van der Waals surface area (Å²) < 4.78 is 52.8. The summed E-state index contributed by atoms with van der Waals surface area (Å²) in [7, 11) is -3.86. The van der Waals surface area contributed by atoms with E-state index < -0.39 is 33.9 Å². The Balaban J connectivity index is 1.46. The summed E-state index contributed by atoms with van der Waals surface area (Å²) in [6.45, 7) is 5.61. The summed E-state index contributed by atoms with van der Waals surface area (Å²) in [6.07, 6.45) is -1.34. The molecule has 1 aromatic rings. The van der Waals surface area contributed by atoms with Crippen LogP contribution in [0.1, 0.15) is 19.4 Å². The Morgan fingerprint density at radius 3 is 2.50 bits per heavy atom. The van der Waals surface area contributed by atoms with Gasteiger partial charge in [-0.3, -0.25) is 4.18 Å². The van der Waals surface area contributed by atoms with Crippen molar-refractivity contribution in [2.75, 3.05) is 13.2 Å². The Morgan fingerprint density at radius 2 is 1.88 bits per heavy atom. The predicted molar refractivity (Wildman–Crippen MR) is 81.7 cm³/mol. The molecule has 0 saturated carbocycles. The third kappa shape index (κ3) is 2.58. The van der Waals surface area contributed by atoms with Crippen LogP contribution in [0.4, 0.5) is 0 Å². The number of rotatable bonds is 4. The minimum absolute atomic E-state index is 0.119. The molecule has 7 nitrogen and oxygen atoms in total. The van der Waals surface area contributed by atoms with E-state index in [0.29, 0.717) is 0 Å². The fourth-order valence-electron chi connectivity index (χ4n) is 3.25. The van der Waals surface area contributed by atoms with Gasteiger partial charge in [-0.2, -0.15) is 8.42 Å². The van der Waals surface area contributed by atoms with Crippen molar-refractivity contribution in [3.05, 3.63) is 29.8 Å². The van der Waals surface area contributed by atoms with Gasteiger partial charge in [0, 0.05) is 0 Å². The van der Waals surface area contributed by atoms with Crippen LogP contribution in [0, 0.1) is 6.92 Å². The highest BCUT2D eigenvalue weighted by Crippen LogP contribution is 2.48. The van der Waals surface area contributed by atoms with Gasteiger partial charge in [0.1, 0.15) is 24.4 Å². The summed E-state index contributed by atoms with van der Waals surface area (Å²) in [5.74, 6) is -0.741. The molecule has 0 amide bonds. The van der Waals surface area contributed by atoms with Gasteiger partial charge < -0.3 is 18.9 Å².